The molecule has 1 heterocycles. The van der Waals surface area contributed by atoms with E-state index in [2.05, 4.69) is 0 Å². The third-order valence-electron chi connectivity index (χ3n) is 2.98. The molecule has 0 bridgehead atoms. The Bertz CT molecular complexity index is 332. The molecular weight excluding hydrogens is 226 g/mol. The van der Waals surface area contributed by atoms with E-state index in [1.165, 1.54) is 6.92 Å². The van der Waals surface area contributed by atoms with E-state index in [0.717, 1.165) is 17.9 Å². The minimum absolute atomic E-state index is 0.127. The maximum atomic E-state index is 12.0. The van der Waals surface area contributed by atoms with Crippen molar-refractivity contribution < 1.29 is 14.7 Å². The van der Waals surface area contributed by atoms with Gasteiger partial charge in [0.2, 0.25) is 5.91 Å². The third-order valence-corrected chi connectivity index (χ3v) is 4.12. The van der Waals surface area contributed by atoms with E-state index in [1.807, 2.05) is 11.8 Å². The van der Waals surface area contributed by atoms with Gasteiger partial charge in [0.1, 0.15) is 0 Å². The summed E-state index contributed by atoms with van der Waals surface area (Å²) in [7, 11) is 1.75. The second kappa shape index (κ2) is 5.39. The minimum Gasteiger partial charge on any atom is -0.478 e. The molecule has 0 spiro atoms. The van der Waals surface area contributed by atoms with Crippen LogP contribution in [-0.2, 0) is 9.59 Å². The molecule has 1 rings (SSSR count). The first-order valence-electron chi connectivity index (χ1n) is 5.20. The first-order valence-corrected chi connectivity index (χ1v) is 6.36. The highest BCUT2D eigenvalue weighted by Gasteiger charge is 2.25. The molecule has 0 radical (unpaired) electrons. The van der Waals surface area contributed by atoms with E-state index < -0.39 is 5.97 Å². The van der Waals surface area contributed by atoms with Gasteiger partial charge in [0.05, 0.1) is 0 Å². The largest absolute Gasteiger partial charge is 0.478 e. The monoisotopic (exact) mass is 243 g/mol. The van der Waals surface area contributed by atoms with Gasteiger partial charge in [-0.3, -0.25) is 4.79 Å². The van der Waals surface area contributed by atoms with Crippen molar-refractivity contribution in [2.24, 2.45) is 0 Å². The Morgan fingerprint density at radius 3 is 2.38 bits per heavy atom. The highest BCUT2D eigenvalue weighted by atomic mass is 32.2. The summed E-state index contributed by atoms with van der Waals surface area (Å²) >= 11 is 1.83. The molecule has 1 amide bonds. The second-order valence-corrected chi connectivity index (χ2v) is 5.14. The molecule has 4 nitrogen and oxygen atoms in total. The fourth-order valence-electron chi connectivity index (χ4n) is 1.58. The van der Waals surface area contributed by atoms with E-state index in [0.29, 0.717) is 5.57 Å². The molecule has 0 aromatic carbocycles. The Labute approximate surface area is 99.7 Å². The molecule has 5 heteroatoms. The number of hydrogen-bond acceptors (Lipinski definition) is 3. The van der Waals surface area contributed by atoms with Crippen molar-refractivity contribution in [3.05, 3.63) is 11.1 Å². The van der Waals surface area contributed by atoms with Crippen LogP contribution in [0.5, 0.6) is 0 Å². The zero-order valence-electron chi connectivity index (χ0n) is 9.82. The van der Waals surface area contributed by atoms with Gasteiger partial charge >= 0.3 is 5.97 Å². The van der Waals surface area contributed by atoms with Crippen molar-refractivity contribution in [2.75, 3.05) is 18.6 Å². The lowest BCUT2D eigenvalue weighted by atomic mass is 10.1. The number of carbonyl (C=O) groups excluding carboxylic acids is 1. The van der Waals surface area contributed by atoms with E-state index in [1.54, 1.807) is 18.9 Å². The number of carbonyl (C=O) groups is 2. The zero-order chi connectivity index (χ0) is 12.3. The Morgan fingerprint density at radius 1 is 1.31 bits per heavy atom. The maximum Gasteiger partial charge on any atom is 0.331 e. The van der Waals surface area contributed by atoms with Crippen LogP contribution in [0.4, 0.5) is 0 Å². The molecule has 0 saturated carbocycles. The first kappa shape index (κ1) is 13.1. The highest BCUT2D eigenvalue weighted by Crippen LogP contribution is 2.22. The number of amides is 1. The number of likely N-dealkylation sites (N-methyl/N-ethyl adjacent to an activating group) is 1. The smallest absolute Gasteiger partial charge is 0.331 e. The van der Waals surface area contributed by atoms with Crippen molar-refractivity contribution in [3.63, 3.8) is 0 Å². The predicted octanol–water partition coefficient (Wildman–Crippen LogP) is 1.37. The van der Waals surface area contributed by atoms with Crippen LogP contribution < -0.4 is 0 Å². The molecule has 1 aliphatic rings. The van der Waals surface area contributed by atoms with Crippen LogP contribution in [0.15, 0.2) is 11.1 Å². The molecule has 1 atom stereocenters. The number of rotatable bonds is 3. The summed E-state index contributed by atoms with van der Waals surface area (Å²) in [6, 6.07) is 0.244. The molecule has 1 N–H and O–H groups in total. The van der Waals surface area contributed by atoms with E-state index in [-0.39, 0.29) is 17.5 Å². The fraction of sp³-hybridized carbons (Fsp3) is 0.636. The van der Waals surface area contributed by atoms with Crippen molar-refractivity contribution in [1.29, 1.82) is 0 Å². The third kappa shape index (κ3) is 2.78. The van der Waals surface area contributed by atoms with Crippen LogP contribution in [-0.4, -0.2) is 46.5 Å². The molecule has 90 valence electrons. The molecule has 0 aromatic rings. The van der Waals surface area contributed by atoms with Gasteiger partial charge < -0.3 is 10.0 Å². The van der Waals surface area contributed by atoms with Gasteiger partial charge in [-0.1, -0.05) is 0 Å². The van der Waals surface area contributed by atoms with Gasteiger partial charge in [0, 0.05) is 30.0 Å². The number of aliphatic carboxylic acids is 1. The summed E-state index contributed by atoms with van der Waals surface area (Å²) in [6.45, 7) is 3.04. The number of carboxylic acids is 1. The number of thioether (sulfide) groups is 1. The molecule has 1 unspecified atom stereocenters. The fourth-order valence-corrected chi connectivity index (χ4v) is 2.85. The molecule has 1 fully saturated rings. The molecule has 1 aliphatic heterocycles. The number of carboxylic acid groups (broad SMARTS) is 1. The quantitative estimate of drug-likeness (QED) is 0.761. The van der Waals surface area contributed by atoms with Crippen LogP contribution in [0.1, 0.15) is 20.3 Å². The van der Waals surface area contributed by atoms with Crippen LogP contribution in [0.25, 0.3) is 0 Å². The van der Waals surface area contributed by atoms with Crippen molar-refractivity contribution >= 4 is 23.6 Å². The van der Waals surface area contributed by atoms with Gasteiger partial charge in [-0.2, -0.15) is 11.8 Å². The first-order chi connectivity index (χ1) is 7.45. The van der Waals surface area contributed by atoms with Crippen molar-refractivity contribution in [3.8, 4) is 0 Å². The van der Waals surface area contributed by atoms with Gasteiger partial charge in [0.15, 0.2) is 0 Å². The predicted molar refractivity (Wildman–Crippen MR) is 64.5 cm³/mol. The Morgan fingerprint density at radius 2 is 1.94 bits per heavy atom. The number of nitrogens with zero attached hydrogens (tertiary/aromatic N) is 1. The Hall–Kier alpha value is -0.970. The van der Waals surface area contributed by atoms with Gasteiger partial charge in [-0.05, 0) is 26.0 Å². The van der Waals surface area contributed by atoms with Crippen molar-refractivity contribution in [2.45, 2.75) is 26.3 Å². The van der Waals surface area contributed by atoms with Crippen LogP contribution in [0.3, 0.4) is 0 Å². The molecule has 1 saturated heterocycles. The molecular formula is C11H17NO3S. The summed E-state index contributed by atoms with van der Waals surface area (Å²) < 4.78 is 0. The maximum absolute atomic E-state index is 12.0. The highest BCUT2D eigenvalue weighted by molar-refractivity contribution is 7.99. The van der Waals surface area contributed by atoms with Crippen LogP contribution >= 0.6 is 11.8 Å². The molecule has 16 heavy (non-hydrogen) atoms. The zero-order valence-corrected chi connectivity index (χ0v) is 10.6. The minimum atomic E-state index is -1.03. The van der Waals surface area contributed by atoms with Crippen molar-refractivity contribution in [1.82, 2.24) is 4.90 Å². The lowest BCUT2D eigenvalue weighted by Crippen LogP contribution is -2.38. The standard InChI is InChI=1S/C11H17NO3S/c1-7(8(2)11(14)15)10(13)12(3)9-4-5-16-6-9/h9H,4-6H2,1-3H3,(H,14,15). The Kier molecular flexibility index (Phi) is 4.41. The average molecular weight is 243 g/mol. The van der Waals surface area contributed by atoms with Crippen LogP contribution in [0, 0.1) is 0 Å². The summed E-state index contributed by atoms with van der Waals surface area (Å²) in [4.78, 5) is 24.4. The average Bonchev–Trinajstić information content (AvgIpc) is 2.78. The molecule has 0 aromatic heterocycles. The summed E-state index contributed by atoms with van der Waals surface area (Å²) in [5, 5.41) is 8.82. The lowest BCUT2D eigenvalue weighted by molar-refractivity contribution is -0.134. The van der Waals surface area contributed by atoms with Gasteiger partial charge in [-0.25, -0.2) is 4.79 Å². The lowest BCUT2D eigenvalue weighted by Gasteiger charge is -2.24. The summed E-state index contributed by atoms with van der Waals surface area (Å²) in [5.41, 5.74) is 0.453. The summed E-state index contributed by atoms with van der Waals surface area (Å²) in [5.74, 6) is 0.817. The van der Waals surface area contributed by atoms with E-state index >= 15 is 0 Å². The second-order valence-electron chi connectivity index (χ2n) is 3.99. The van der Waals surface area contributed by atoms with Crippen LogP contribution in [0.2, 0.25) is 0 Å². The number of hydrogen-bond donors (Lipinski definition) is 1. The molecule has 0 aliphatic carbocycles. The topological polar surface area (TPSA) is 57.6 Å². The normalized spacial score (nSPS) is 21.6. The van der Waals surface area contributed by atoms with Gasteiger partial charge in [0.25, 0.3) is 0 Å². The van der Waals surface area contributed by atoms with E-state index in [9.17, 15) is 9.59 Å². The summed E-state index contributed by atoms with van der Waals surface area (Å²) in [6.07, 6.45) is 0.992. The SMILES string of the molecule is CC(C(=O)O)=C(C)C(=O)N(C)C1CCSC1. The Balaban J connectivity index is 2.77. The van der Waals surface area contributed by atoms with E-state index in [4.69, 9.17) is 5.11 Å². The van der Waals surface area contributed by atoms with Gasteiger partial charge in [-0.15, -0.1) is 0 Å².